The Morgan fingerprint density at radius 1 is 1.18 bits per heavy atom. The Hall–Kier alpha value is -3.98. The van der Waals surface area contributed by atoms with Gasteiger partial charge in [-0.25, -0.2) is 9.97 Å². The fourth-order valence-electron chi connectivity index (χ4n) is 3.80. The summed E-state index contributed by atoms with van der Waals surface area (Å²) in [5.74, 6) is 0.269. The van der Waals surface area contributed by atoms with Crippen LogP contribution in [0.1, 0.15) is 39.3 Å². The second-order valence-corrected chi connectivity index (χ2v) is 8.12. The zero-order valence-electron chi connectivity index (χ0n) is 19.0. The van der Waals surface area contributed by atoms with Gasteiger partial charge in [0.25, 0.3) is 11.8 Å². The van der Waals surface area contributed by atoms with Crippen LogP contribution in [0.25, 0.3) is 11.3 Å². The molecule has 1 aromatic heterocycles. The van der Waals surface area contributed by atoms with Crippen molar-refractivity contribution < 1.29 is 14.3 Å². The van der Waals surface area contributed by atoms with Crippen LogP contribution in [-0.4, -0.2) is 48.0 Å². The number of hydrogen-bond donors (Lipinski definition) is 4. The molecular formula is C25H28N6O3. The molecular weight excluding hydrogens is 432 g/mol. The van der Waals surface area contributed by atoms with E-state index >= 15 is 0 Å². The van der Waals surface area contributed by atoms with Crippen molar-refractivity contribution in [3.8, 4) is 17.0 Å². The summed E-state index contributed by atoms with van der Waals surface area (Å²) >= 11 is 0. The quantitative estimate of drug-likeness (QED) is 0.425. The highest BCUT2D eigenvalue weighted by molar-refractivity contribution is 5.97. The molecule has 34 heavy (non-hydrogen) atoms. The third kappa shape index (κ3) is 5.68. The minimum Gasteiger partial charge on any atom is -0.497 e. The molecule has 0 spiro atoms. The lowest BCUT2D eigenvalue weighted by Crippen LogP contribution is -2.46. The largest absolute Gasteiger partial charge is 0.497 e. The molecule has 3 aromatic rings. The number of carbonyl (C=O) groups excluding carboxylic acids is 2. The van der Waals surface area contributed by atoms with Gasteiger partial charge >= 0.3 is 0 Å². The zero-order valence-corrected chi connectivity index (χ0v) is 19.0. The summed E-state index contributed by atoms with van der Waals surface area (Å²) in [4.78, 5) is 33.9. The highest BCUT2D eigenvalue weighted by atomic mass is 16.5. The van der Waals surface area contributed by atoms with E-state index in [9.17, 15) is 9.59 Å². The molecule has 0 aliphatic carbocycles. The van der Waals surface area contributed by atoms with Crippen molar-refractivity contribution >= 4 is 17.6 Å². The van der Waals surface area contributed by atoms with Gasteiger partial charge in [-0.1, -0.05) is 18.2 Å². The third-order valence-corrected chi connectivity index (χ3v) is 5.68. The first-order chi connectivity index (χ1) is 16.5. The van der Waals surface area contributed by atoms with Gasteiger partial charge in [0, 0.05) is 30.3 Å². The lowest BCUT2D eigenvalue weighted by Gasteiger charge is -2.23. The Bertz CT molecular complexity index is 1160. The number of methoxy groups -OCH3 is 1. The summed E-state index contributed by atoms with van der Waals surface area (Å²) in [6, 6.07) is 14.5. The van der Waals surface area contributed by atoms with Crippen LogP contribution in [-0.2, 0) is 6.54 Å². The molecule has 2 amide bonds. The number of nitrogens with two attached hydrogens (primary N) is 1. The number of ether oxygens (including phenoxy) is 1. The van der Waals surface area contributed by atoms with Crippen molar-refractivity contribution in [2.24, 2.45) is 0 Å². The van der Waals surface area contributed by atoms with Crippen molar-refractivity contribution in [2.45, 2.75) is 25.4 Å². The minimum absolute atomic E-state index is 0.0451. The summed E-state index contributed by atoms with van der Waals surface area (Å²) in [7, 11) is 1.58. The summed E-state index contributed by atoms with van der Waals surface area (Å²) in [5.41, 5.74) is 8.80. The first-order valence-electron chi connectivity index (χ1n) is 11.2. The predicted octanol–water partition coefficient (Wildman–Crippen LogP) is 2.15. The fraction of sp³-hybridized carbons (Fsp3) is 0.280. The molecule has 1 aliphatic heterocycles. The van der Waals surface area contributed by atoms with Crippen LogP contribution in [0.2, 0.25) is 0 Å². The van der Waals surface area contributed by atoms with Gasteiger partial charge in [-0.05, 0) is 55.3 Å². The normalized spacial score (nSPS) is 15.4. The highest BCUT2D eigenvalue weighted by Gasteiger charge is 2.20. The maximum absolute atomic E-state index is 12.8. The predicted molar refractivity (Wildman–Crippen MR) is 129 cm³/mol. The average molecular weight is 461 g/mol. The Morgan fingerprint density at radius 3 is 2.74 bits per heavy atom. The average Bonchev–Trinajstić information content (AvgIpc) is 2.88. The van der Waals surface area contributed by atoms with E-state index in [2.05, 4.69) is 25.9 Å². The molecule has 0 bridgehead atoms. The molecule has 1 saturated heterocycles. The maximum Gasteiger partial charge on any atom is 0.274 e. The number of nitrogens with one attached hydrogen (secondary N) is 3. The standard InChI is InChI=1S/C25H28N6O3/c1-34-20-9-7-17(8-10-20)24(32)29-13-16-4-2-5-18(12-16)21-15-28-23(26)22(31-21)25(33)30-19-6-3-11-27-14-19/h2,4-5,7-10,12,15,19,27H,3,6,11,13-14H2,1H3,(H2,26,28)(H,29,32)(H,30,33)/t19-/m0/s1. The van der Waals surface area contributed by atoms with Gasteiger partial charge in [0.2, 0.25) is 0 Å². The van der Waals surface area contributed by atoms with Crippen molar-refractivity contribution in [3.63, 3.8) is 0 Å². The number of hydrogen-bond acceptors (Lipinski definition) is 7. The number of rotatable bonds is 7. The van der Waals surface area contributed by atoms with E-state index in [1.165, 1.54) is 0 Å². The van der Waals surface area contributed by atoms with Gasteiger partial charge in [0.1, 0.15) is 5.75 Å². The first-order valence-corrected chi connectivity index (χ1v) is 11.2. The van der Waals surface area contributed by atoms with Gasteiger partial charge < -0.3 is 26.4 Å². The second kappa shape index (κ2) is 10.8. The zero-order chi connectivity index (χ0) is 23.9. The lowest BCUT2D eigenvalue weighted by atomic mass is 10.1. The van der Waals surface area contributed by atoms with Crippen LogP contribution < -0.4 is 26.4 Å². The van der Waals surface area contributed by atoms with Crippen molar-refractivity contribution in [1.29, 1.82) is 0 Å². The molecule has 1 fully saturated rings. The fourth-order valence-corrected chi connectivity index (χ4v) is 3.80. The molecule has 5 N–H and O–H groups in total. The van der Waals surface area contributed by atoms with Gasteiger partial charge in [0.15, 0.2) is 11.5 Å². The molecule has 0 radical (unpaired) electrons. The Balaban J connectivity index is 1.44. The SMILES string of the molecule is COc1ccc(C(=O)NCc2cccc(-c3cnc(N)c(C(=O)N[C@H]4CCCNC4)n3)c2)cc1. The second-order valence-electron chi connectivity index (χ2n) is 8.12. The molecule has 4 rings (SSSR count). The van der Waals surface area contributed by atoms with Gasteiger partial charge in [0.05, 0.1) is 19.0 Å². The molecule has 0 unspecified atom stereocenters. The van der Waals surface area contributed by atoms with Crippen LogP contribution in [0.15, 0.2) is 54.7 Å². The summed E-state index contributed by atoms with van der Waals surface area (Å²) in [6.07, 6.45) is 3.47. The van der Waals surface area contributed by atoms with Gasteiger partial charge in [-0.3, -0.25) is 9.59 Å². The summed E-state index contributed by atoms with van der Waals surface area (Å²) in [6.45, 7) is 2.02. The first kappa shape index (κ1) is 23.2. The van der Waals surface area contributed by atoms with E-state index in [-0.39, 0.29) is 29.4 Å². The number of carbonyl (C=O) groups is 2. The number of piperidine rings is 1. The lowest BCUT2D eigenvalue weighted by molar-refractivity contribution is 0.0924. The van der Waals surface area contributed by atoms with Gasteiger partial charge in [-0.15, -0.1) is 0 Å². The Morgan fingerprint density at radius 2 is 2.00 bits per heavy atom. The molecule has 1 aliphatic rings. The summed E-state index contributed by atoms with van der Waals surface area (Å²) < 4.78 is 5.12. The van der Waals surface area contributed by atoms with Crippen molar-refractivity contribution in [2.75, 3.05) is 25.9 Å². The third-order valence-electron chi connectivity index (χ3n) is 5.68. The monoisotopic (exact) mass is 460 g/mol. The Kier molecular flexibility index (Phi) is 7.34. The van der Waals surface area contributed by atoms with E-state index in [4.69, 9.17) is 10.5 Å². The molecule has 1 atom stereocenters. The van der Waals surface area contributed by atoms with E-state index in [0.29, 0.717) is 23.6 Å². The van der Waals surface area contributed by atoms with E-state index in [1.807, 2.05) is 24.3 Å². The molecule has 9 nitrogen and oxygen atoms in total. The summed E-state index contributed by atoms with van der Waals surface area (Å²) in [5, 5.41) is 9.16. The van der Waals surface area contributed by atoms with Crippen LogP contribution in [0.4, 0.5) is 5.82 Å². The van der Waals surface area contributed by atoms with Crippen molar-refractivity contribution in [3.05, 3.63) is 71.5 Å². The molecule has 176 valence electrons. The number of amides is 2. The van der Waals surface area contributed by atoms with E-state index in [0.717, 1.165) is 37.1 Å². The number of anilines is 1. The van der Waals surface area contributed by atoms with Gasteiger partial charge in [-0.2, -0.15) is 0 Å². The number of benzene rings is 2. The molecule has 0 saturated carbocycles. The topological polar surface area (TPSA) is 131 Å². The maximum atomic E-state index is 12.8. The van der Waals surface area contributed by atoms with Crippen LogP contribution >= 0.6 is 0 Å². The number of nitrogens with zero attached hydrogens (tertiary/aromatic N) is 2. The van der Waals surface area contributed by atoms with E-state index < -0.39 is 0 Å². The highest BCUT2D eigenvalue weighted by Crippen LogP contribution is 2.20. The van der Waals surface area contributed by atoms with E-state index in [1.54, 1.807) is 37.6 Å². The Labute approximate surface area is 198 Å². The number of aromatic nitrogens is 2. The molecule has 2 aromatic carbocycles. The number of nitrogen functional groups attached to an aromatic ring is 1. The minimum atomic E-state index is -0.330. The van der Waals surface area contributed by atoms with Crippen LogP contribution in [0, 0.1) is 0 Å². The van der Waals surface area contributed by atoms with Crippen LogP contribution in [0.3, 0.4) is 0 Å². The molecule has 9 heteroatoms. The van der Waals surface area contributed by atoms with Crippen LogP contribution in [0.5, 0.6) is 5.75 Å². The molecule has 2 heterocycles. The van der Waals surface area contributed by atoms with Crippen molar-refractivity contribution in [1.82, 2.24) is 25.9 Å². The smallest absolute Gasteiger partial charge is 0.274 e.